The second-order valence-corrected chi connectivity index (χ2v) is 10.2. The summed E-state index contributed by atoms with van der Waals surface area (Å²) < 4.78 is 0. The number of nitrogens with one attached hydrogen (secondary N) is 1. The van der Waals surface area contributed by atoms with Crippen LogP contribution in [0.25, 0.3) is 0 Å². The number of aromatic nitrogens is 1. The lowest BCUT2D eigenvalue weighted by Gasteiger charge is -2.06. The lowest BCUT2D eigenvalue weighted by molar-refractivity contribution is 0.104. The van der Waals surface area contributed by atoms with Crippen LogP contribution >= 0.6 is 46.3 Å². The molecule has 1 heterocycles. The third kappa shape index (κ3) is 5.91. The predicted molar refractivity (Wildman–Crippen MR) is 131 cm³/mol. The molecule has 0 spiro atoms. The average molecular weight is 480 g/mol. The van der Waals surface area contributed by atoms with Gasteiger partial charge in [-0.2, -0.15) is 0 Å². The van der Waals surface area contributed by atoms with Gasteiger partial charge in [0.2, 0.25) is 5.78 Å². The van der Waals surface area contributed by atoms with Crippen molar-refractivity contribution in [1.29, 1.82) is 0 Å². The molecule has 0 aliphatic heterocycles. The maximum atomic E-state index is 12.9. The van der Waals surface area contributed by atoms with Gasteiger partial charge in [-0.15, -0.1) is 11.8 Å². The number of ketones is 1. The van der Waals surface area contributed by atoms with Gasteiger partial charge in [0, 0.05) is 10.6 Å². The maximum absolute atomic E-state index is 12.9. The second-order valence-electron chi connectivity index (χ2n) is 7.19. The number of thioether (sulfide) groups is 1. The van der Waals surface area contributed by atoms with E-state index >= 15 is 0 Å². The van der Waals surface area contributed by atoms with Crippen molar-refractivity contribution >= 4 is 68.7 Å². The van der Waals surface area contributed by atoms with E-state index in [2.05, 4.69) is 36.3 Å². The van der Waals surface area contributed by atoms with E-state index in [0.717, 1.165) is 17.4 Å². The van der Waals surface area contributed by atoms with Crippen LogP contribution < -0.4 is 11.1 Å². The summed E-state index contributed by atoms with van der Waals surface area (Å²) >= 11 is 15.4. The molecule has 0 atom stereocenters. The average Bonchev–Trinajstić information content (AvgIpc) is 3.06. The molecule has 0 saturated carbocycles. The lowest BCUT2D eigenvalue weighted by atomic mass is 10.1. The number of hydrogen-bond donors (Lipinski definition) is 2. The van der Waals surface area contributed by atoms with Gasteiger partial charge in [0.1, 0.15) is 10.7 Å². The summed E-state index contributed by atoms with van der Waals surface area (Å²) in [6, 6.07) is 13.1. The predicted octanol–water partition coefficient (Wildman–Crippen LogP) is 7.54. The van der Waals surface area contributed by atoms with Gasteiger partial charge in [-0.25, -0.2) is 4.98 Å². The van der Waals surface area contributed by atoms with Crippen molar-refractivity contribution in [3.05, 3.63) is 63.0 Å². The molecule has 0 saturated heterocycles. The minimum atomic E-state index is -0.332. The third-order valence-electron chi connectivity index (χ3n) is 4.35. The first-order valence-electron chi connectivity index (χ1n) is 9.60. The fourth-order valence-electron chi connectivity index (χ4n) is 2.82. The molecule has 0 amide bonds. The highest BCUT2D eigenvalue weighted by Gasteiger charge is 2.22. The van der Waals surface area contributed by atoms with E-state index in [9.17, 15) is 4.79 Å². The van der Waals surface area contributed by atoms with Crippen LogP contribution in [0.5, 0.6) is 0 Å². The Morgan fingerprint density at radius 3 is 2.47 bits per heavy atom. The molecule has 1 aromatic heterocycles. The fourth-order valence-corrected chi connectivity index (χ4v) is 5.11. The number of hydrogen-bond acceptors (Lipinski definition) is 6. The summed E-state index contributed by atoms with van der Waals surface area (Å²) in [5.74, 6) is 1.68. The first-order chi connectivity index (χ1) is 14.3. The lowest BCUT2D eigenvalue weighted by Crippen LogP contribution is -2.04. The van der Waals surface area contributed by atoms with Crippen molar-refractivity contribution in [3.8, 4) is 0 Å². The quantitative estimate of drug-likeness (QED) is 0.188. The van der Waals surface area contributed by atoms with Gasteiger partial charge in [-0.3, -0.25) is 4.79 Å². The Morgan fingerprint density at radius 2 is 1.83 bits per heavy atom. The minimum Gasteiger partial charge on any atom is -0.382 e. The van der Waals surface area contributed by atoms with Gasteiger partial charge >= 0.3 is 0 Å². The number of nitrogen functional groups attached to an aromatic ring is 1. The Kier molecular flexibility index (Phi) is 8.06. The number of carbonyl (C=O) groups excluding carboxylic acids is 1. The van der Waals surface area contributed by atoms with E-state index in [0.29, 0.717) is 10.0 Å². The van der Waals surface area contributed by atoms with Crippen molar-refractivity contribution in [3.63, 3.8) is 0 Å². The topological polar surface area (TPSA) is 68.0 Å². The molecule has 0 bridgehead atoms. The van der Waals surface area contributed by atoms with Crippen molar-refractivity contribution in [2.75, 3.05) is 16.8 Å². The van der Waals surface area contributed by atoms with E-state index in [1.165, 1.54) is 29.1 Å². The number of benzene rings is 2. The fraction of sp³-hybridized carbons (Fsp3) is 0.273. The SMILES string of the molecule is CC(C)CCCSc1ccc(Nc2nc(N)c(C(=O)c3c(Cl)cccc3Cl)s2)cc1. The zero-order valence-corrected chi connectivity index (χ0v) is 19.9. The van der Waals surface area contributed by atoms with E-state index < -0.39 is 0 Å². The molecular weight excluding hydrogens is 457 g/mol. The van der Waals surface area contributed by atoms with Gasteiger partial charge in [0.05, 0.1) is 15.6 Å². The van der Waals surface area contributed by atoms with Crippen LogP contribution in [0, 0.1) is 5.92 Å². The first-order valence-corrected chi connectivity index (χ1v) is 12.2. The van der Waals surface area contributed by atoms with Crippen LogP contribution in [0.1, 0.15) is 41.9 Å². The molecule has 8 heteroatoms. The Labute approximate surface area is 195 Å². The first kappa shape index (κ1) is 22.9. The summed E-state index contributed by atoms with van der Waals surface area (Å²) in [6.45, 7) is 4.50. The second kappa shape index (κ2) is 10.5. The van der Waals surface area contributed by atoms with Crippen LogP contribution in [-0.2, 0) is 0 Å². The summed E-state index contributed by atoms with van der Waals surface area (Å²) in [7, 11) is 0. The highest BCUT2D eigenvalue weighted by molar-refractivity contribution is 7.99. The van der Waals surface area contributed by atoms with Crippen molar-refractivity contribution in [2.24, 2.45) is 5.92 Å². The normalized spacial score (nSPS) is 11.1. The smallest absolute Gasteiger partial charge is 0.209 e. The van der Waals surface area contributed by atoms with E-state index in [1.807, 2.05) is 23.9 Å². The van der Waals surface area contributed by atoms with E-state index in [4.69, 9.17) is 28.9 Å². The molecule has 3 rings (SSSR count). The molecule has 0 fully saturated rings. The number of carbonyl (C=O) groups is 1. The molecule has 3 N–H and O–H groups in total. The number of anilines is 3. The van der Waals surface area contributed by atoms with Crippen molar-refractivity contribution < 1.29 is 4.79 Å². The summed E-state index contributed by atoms with van der Waals surface area (Å²) in [6.07, 6.45) is 2.46. The Balaban J connectivity index is 1.66. The largest absolute Gasteiger partial charge is 0.382 e. The molecule has 30 heavy (non-hydrogen) atoms. The van der Waals surface area contributed by atoms with E-state index in [1.54, 1.807) is 18.2 Å². The standard InChI is InChI=1S/C22H23Cl2N3OS2/c1-13(2)5-4-12-29-15-10-8-14(9-11-15)26-22-27-21(25)20(30-22)19(28)18-16(23)6-3-7-17(18)24/h3,6-11,13H,4-5,12,25H2,1-2H3,(H,26,27). The zero-order valence-electron chi connectivity index (χ0n) is 16.7. The molecule has 0 unspecified atom stereocenters. The molecule has 0 radical (unpaired) electrons. The molecule has 2 aromatic carbocycles. The Morgan fingerprint density at radius 1 is 1.17 bits per heavy atom. The minimum absolute atomic E-state index is 0.154. The monoisotopic (exact) mass is 479 g/mol. The highest BCUT2D eigenvalue weighted by atomic mass is 35.5. The molecule has 3 aromatic rings. The van der Waals surface area contributed by atoms with Crippen LogP contribution in [0.15, 0.2) is 47.4 Å². The summed E-state index contributed by atoms with van der Waals surface area (Å²) in [5.41, 5.74) is 7.11. The Bertz CT molecular complexity index is 999. The van der Waals surface area contributed by atoms with Crippen molar-refractivity contribution in [1.82, 2.24) is 4.98 Å². The van der Waals surface area contributed by atoms with Gasteiger partial charge in [-0.1, -0.05) is 60.9 Å². The third-order valence-corrected chi connectivity index (χ3v) is 7.06. The number of thiazole rings is 1. The number of nitrogens with zero attached hydrogens (tertiary/aromatic N) is 1. The highest BCUT2D eigenvalue weighted by Crippen LogP contribution is 2.34. The van der Waals surface area contributed by atoms with Crippen LogP contribution in [0.4, 0.5) is 16.6 Å². The molecule has 0 aliphatic rings. The molecule has 4 nitrogen and oxygen atoms in total. The number of halogens is 2. The van der Waals surface area contributed by atoms with Gasteiger partial charge in [0.15, 0.2) is 5.13 Å². The molecule has 158 valence electrons. The van der Waals surface area contributed by atoms with Crippen LogP contribution in [-0.4, -0.2) is 16.5 Å². The molecular formula is C22H23Cl2N3OS2. The Hall–Kier alpha value is -1.73. The van der Waals surface area contributed by atoms with Crippen molar-refractivity contribution in [2.45, 2.75) is 31.6 Å². The summed E-state index contributed by atoms with van der Waals surface area (Å²) in [5, 5.41) is 4.32. The van der Waals surface area contributed by atoms with Crippen LogP contribution in [0.2, 0.25) is 10.0 Å². The maximum Gasteiger partial charge on any atom is 0.209 e. The van der Waals surface area contributed by atoms with E-state index in [-0.39, 0.29) is 27.2 Å². The van der Waals surface area contributed by atoms with Crippen LogP contribution in [0.3, 0.4) is 0 Å². The zero-order chi connectivity index (χ0) is 21.7. The van der Waals surface area contributed by atoms with Gasteiger partial charge in [0.25, 0.3) is 0 Å². The number of rotatable bonds is 9. The molecule has 0 aliphatic carbocycles. The number of nitrogens with two attached hydrogens (primary N) is 1. The summed E-state index contributed by atoms with van der Waals surface area (Å²) in [4.78, 5) is 18.7. The van der Waals surface area contributed by atoms with Gasteiger partial charge in [-0.05, 0) is 54.5 Å². The van der Waals surface area contributed by atoms with Gasteiger partial charge < -0.3 is 11.1 Å².